The van der Waals surface area contributed by atoms with E-state index in [-0.39, 0.29) is 5.78 Å². The fourth-order valence-electron chi connectivity index (χ4n) is 1.54. The van der Waals surface area contributed by atoms with Crippen LogP contribution < -0.4 is 9.47 Å². The van der Waals surface area contributed by atoms with Crippen LogP contribution in [0.2, 0.25) is 0 Å². The number of hydrogen-bond acceptors (Lipinski definition) is 4. The van der Waals surface area contributed by atoms with Crippen molar-refractivity contribution in [3.05, 3.63) is 23.8 Å². The Kier molecular flexibility index (Phi) is 3.94. The smallest absolute Gasteiger partial charge is 0.172 e. The van der Waals surface area contributed by atoms with Gasteiger partial charge >= 0.3 is 0 Å². The Morgan fingerprint density at radius 1 is 1.29 bits per heavy atom. The number of Topliss-reactive ketones (excluding diaryl/α,β-unsaturated/α-hetero) is 1. The van der Waals surface area contributed by atoms with E-state index in [9.17, 15) is 4.79 Å². The molecule has 1 aliphatic rings. The maximum atomic E-state index is 11.9. The van der Waals surface area contributed by atoms with Crippen molar-refractivity contribution in [2.75, 3.05) is 19.0 Å². The summed E-state index contributed by atoms with van der Waals surface area (Å²) in [5, 5.41) is 0.469. The average molecular weight is 252 g/mol. The van der Waals surface area contributed by atoms with Gasteiger partial charge in [0.2, 0.25) is 0 Å². The molecular weight excluding hydrogens is 236 g/mol. The van der Waals surface area contributed by atoms with Crippen molar-refractivity contribution in [1.29, 1.82) is 0 Å². The molecule has 0 saturated heterocycles. The van der Waals surface area contributed by atoms with Crippen molar-refractivity contribution < 1.29 is 14.3 Å². The lowest BCUT2D eigenvalue weighted by Crippen LogP contribution is -2.16. The summed E-state index contributed by atoms with van der Waals surface area (Å²) >= 11 is 1.65. The standard InChI is InChI=1S/C13H16O3S/c1-9(2)17-8-11(14)10-3-4-12-13(7-10)16-6-5-15-12/h3-4,7,9H,5-6,8H2,1-2H3. The molecule has 0 unspecified atom stereocenters. The van der Waals surface area contributed by atoms with Crippen molar-refractivity contribution in [3.63, 3.8) is 0 Å². The van der Waals surface area contributed by atoms with Gasteiger partial charge in [0.1, 0.15) is 13.2 Å². The molecule has 0 N–H and O–H groups in total. The fraction of sp³-hybridized carbons (Fsp3) is 0.462. The molecule has 1 aromatic carbocycles. The van der Waals surface area contributed by atoms with Crippen LogP contribution in [-0.2, 0) is 0 Å². The first kappa shape index (κ1) is 12.3. The molecule has 0 amide bonds. The minimum Gasteiger partial charge on any atom is -0.486 e. The molecule has 0 bridgehead atoms. The second-order valence-corrected chi connectivity index (χ2v) is 5.71. The van der Waals surface area contributed by atoms with E-state index in [0.717, 1.165) is 5.75 Å². The van der Waals surface area contributed by atoms with Gasteiger partial charge in [0.25, 0.3) is 0 Å². The predicted octanol–water partition coefficient (Wildman–Crippen LogP) is 2.78. The molecule has 0 atom stereocenters. The third-order valence-electron chi connectivity index (χ3n) is 2.41. The van der Waals surface area contributed by atoms with E-state index in [0.29, 0.717) is 35.5 Å². The maximum Gasteiger partial charge on any atom is 0.172 e. The zero-order chi connectivity index (χ0) is 12.3. The molecule has 0 fully saturated rings. The SMILES string of the molecule is CC(C)SCC(=O)c1ccc2c(c1)OCCO2. The van der Waals surface area contributed by atoms with Gasteiger partial charge in [-0.25, -0.2) is 0 Å². The van der Waals surface area contributed by atoms with Gasteiger partial charge in [-0.3, -0.25) is 4.79 Å². The highest BCUT2D eigenvalue weighted by molar-refractivity contribution is 8.00. The molecule has 17 heavy (non-hydrogen) atoms. The number of hydrogen-bond donors (Lipinski definition) is 0. The number of thioether (sulfide) groups is 1. The van der Waals surface area contributed by atoms with Crippen molar-refractivity contribution in [3.8, 4) is 11.5 Å². The zero-order valence-electron chi connectivity index (χ0n) is 10.1. The highest BCUT2D eigenvalue weighted by Gasteiger charge is 2.15. The van der Waals surface area contributed by atoms with Gasteiger partial charge in [-0.2, -0.15) is 11.8 Å². The molecule has 0 aliphatic carbocycles. The number of carbonyl (C=O) groups is 1. The molecule has 2 rings (SSSR count). The second-order valence-electron chi connectivity index (χ2n) is 4.14. The van der Waals surface area contributed by atoms with Gasteiger partial charge in [0.15, 0.2) is 17.3 Å². The summed E-state index contributed by atoms with van der Waals surface area (Å²) in [7, 11) is 0. The van der Waals surface area contributed by atoms with E-state index >= 15 is 0 Å². The van der Waals surface area contributed by atoms with E-state index in [1.54, 1.807) is 23.9 Å². The molecule has 1 aromatic rings. The van der Waals surface area contributed by atoms with Crippen LogP contribution in [0.3, 0.4) is 0 Å². The minimum atomic E-state index is 0.140. The van der Waals surface area contributed by atoms with Crippen LogP contribution in [-0.4, -0.2) is 30.0 Å². The number of rotatable bonds is 4. The molecule has 92 valence electrons. The normalized spacial score (nSPS) is 13.8. The third-order valence-corrected chi connectivity index (χ3v) is 3.51. The lowest BCUT2D eigenvalue weighted by Gasteiger charge is -2.18. The van der Waals surface area contributed by atoms with E-state index in [1.807, 2.05) is 6.07 Å². The topological polar surface area (TPSA) is 35.5 Å². The van der Waals surface area contributed by atoms with Crippen molar-refractivity contribution in [2.24, 2.45) is 0 Å². The quantitative estimate of drug-likeness (QED) is 0.772. The van der Waals surface area contributed by atoms with Crippen LogP contribution in [0.4, 0.5) is 0 Å². The summed E-state index contributed by atoms with van der Waals surface area (Å²) in [4.78, 5) is 11.9. The second kappa shape index (κ2) is 5.45. The number of benzene rings is 1. The van der Waals surface area contributed by atoms with Crippen LogP contribution in [0.15, 0.2) is 18.2 Å². The Morgan fingerprint density at radius 2 is 2.00 bits per heavy atom. The summed E-state index contributed by atoms with van der Waals surface area (Å²) in [5.41, 5.74) is 0.697. The summed E-state index contributed by atoms with van der Waals surface area (Å²) in [5.74, 6) is 2.05. The zero-order valence-corrected chi connectivity index (χ0v) is 10.9. The first-order chi connectivity index (χ1) is 8.16. The maximum absolute atomic E-state index is 11.9. The third kappa shape index (κ3) is 3.16. The summed E-state index contributed by atoms with van der Waals surface area (Å²) < 4.78 is 10.9. The van der Waals surface area contributed by atoms with E-state index in [2.05, 4.69) is 13.8 Å². The largest absolute Gasteiger partial charge is 0.486 e. The lowest BCUT2D eigenvalue weighted by molar-refractivity contribution is 0.102. The van der Waals surface area contributed by atoms with Crippen LogP contribution in [0.1, 0.15) is 24.2 Å². The van der Waals surface area contributed by atoms with Gasteiger partial charge in [-0.1, -0.05) is 13.8 Å². The average Bonchev–Trinajstić information content (AvgIpc) is 2.35. The number of ketones is 1. The van der Waals surface area contributed by atoms with Crippen LogP contribution in [0.25, 0.3) is 0 Å². The van der Waals surface area contributed by atoms with Crippen LogP contribution in [0, 0.1) is 0 Å². The number of fused-ring (bicyclic) bond motifs is 1. The van der Waals surface area contributed by atoms with Crippen molar-refractivity contribution in [2.45, 2.75) is 19.1 Å². The Hall–Kier alpha value is -1.16. The molecule has 1 heterocycles. The fourth-order valence-corrected chi connectivity index (χ4v) is 2.19. The van der Waals surface area contributed by atoms with Crippen LogP contribution in [0.5, 0.6) is 11.5 Å². The summed E-state index contributed by atoms with van der Waals surface area (Å²) in [6.07, 6.45) is 0. The van der Waals surface area contributed by atoms with Gasteiger partial charge in [-0.05, 0) is 23.4 Å². The van der Waals surface area contributed by atoms with Crippen LogP contribution >= 0.6 is 11.8 Å². The molecule has 0 aromatic heterocycles. The van der Waals surface area contributed by atoms with E-state index in [4.69, 9.17) is 9.47 Å². The molecule has 0 spiro atoms. The van der Waals surface area contributed by atoms with Gasteiger partial charge in [0.05, 0.1) is 5.75 Å². The van der Waals surface area contributed by atoms with Gasteiger partial charge in [0, 0.05) is 5.56 Å². The summed E-state index contributed by atoms with van der Waals surface area (Å²) in [6, 6.07) is 5.39. The minimum absolute atomic E-state index is 0.140. The van der Waals surface area contributed by atoms with E-state index < -0.39 is 0 Å². The number of carbonyl (C=O) groups excluding carboxylic acids is 1. The van der Waals surface area contributed by atoms with Crippen molar-refractivity contribution >= 4 is 17.5 Å². The predicted molar refractivity (Wildman–Crippen MR) is 69.4 cm³/mol. The highest BCUT2D eigenvalue weighted by Crippen LogP contribution is 2.31. The first-order valence-electron chi connectivity index (χ1n) is 5.71. The number of ether oxygens (including phenoxy) is 2. The molecule has 0 radical (unpaired) electrons. The Labute approximate surface area is 105 Å². The molecule has 3 nitrogen and oxygen atoms in total. The summed E-state index contributed by atoms with van der Waals surface area (Å²) in [6.45, 7) is 5.29. The first-order valence-corrected chi connectivity index (χ1v) is 6.76. The Bertz CT molecular complexity index is 415. The Balaban J connectivity index is 2.08. The molecule has 1 aliphatic heterocycles. The molecule has 0 saturated carbocycles. The van der Waals surface area contributed by atoms with Gasteiger partial charge < -0.3 is 9.47 Å². The Morgan fingerprint density at radius 3 is 2.71 bits per heavy atom. The van der Waals surface area contributed by atoms with Crippen molar-refractivity contribution in [1.82, 2.24) is 0 Å². The highest BCUT2D eigenvalue weighted by atomic mass is 32.2. The molecular formula is C13H16O3S. The molecule has 4 heteroatoms. The van der Waals surface area contributed by atoms with E-state index in [1.165, 1.54) is 0 Å². The lowest BCUT2D eigenvalue weighted by atomic mass is 10.1. The van der Waals surface area contributed by atoms with Gasteiger partial charge in [-0.15, -0.1) is 0 Å². The monoisotopic (exact) mass is 252 g/mol.